The van der Waals surface area contributed by atoms with Gasteiger partial charge in [-0.2, -0.15) is 0 Å². The SMILES string of the molecule is CC(C)(C)OC(=O)NC[C@H]1CCC[C@@H](CN=[N+]=[N-])C1. The van der Waals surface area contributed by atoms with Crippen molar-refractivity contribution in [2.24, 2.45) is 17.0 Å². The molecule has 0 bridgehead atoms. The third kappa shape index (κ3) is 6.91. The third-order valence-corrected chi connectivity index (χ3v) is 3.23. The zero-order valence-electron chi connectivity index (χ0n) is 12.1. The molecule has 19 heavy (non-hydrogen) atoms. The highest BCUT2D eigenvalue weighted by molar-refractivity contribution is 5.67. The summed E-state index contributed by atoms with van der Waals surface area (Å²) in [5.41, 5.74) is 7.87. The quantitative estimate of drug-likeness (QED) is 0.479. The molecule has 1 rings (SSSR count). The van der Waals surface area contributed by atoms with Crippen LogP contribution in [0.4, 0.5) is 4.79 Å². The Bertz CT molecular complexity index is 345. The van der Waals surface area contributed by atoms with Crippen molar-refractivity contribution in [1.29, 1.82) is 0 Å². The van der Waals surface area contributed by atoms with Crippen molar-refractivity contribution in [3.8, 4) is 0 Å². The molecular weight excluding hydrogens is 244 g/mol. The number of alkyl carbamates (subject to hydrolysis) is 1. The first-order valence-corrected chi connectivity index (χ1v) is 6.88. The van der Waals surface area contributed by atoms with Gasteiger partial charge in [0.15, 0.2) is 0 Å². The first-order chi connectivity index (χ1) is 8.90. The Morgan fingerprint density at radius 3 is 2.74 bits per heavy atom. The van der Waals surface area contributed by atoms with Gasteiger partial charge < -0.3 is 10.1 Å². The summed E-state index contributed by atoms with van der Waals surface area (Å²) in [7, 11) is 0. The van der Waals surface area contributed by atoms with E-state index in [1.54, 1.807) is 0 Å². The van der Waals surface area contributed by atoms with Crippen LogP contribution in [0.25, 0.3) is 10.4 Å². The Labute approximate surface area is 114 Å². The Balaban J connectivity index is 2.29. The highest BCUT2D eigenvalue weighted by Crippen LogP contribution is 2.28. The zero-order valence-corrected chi connectivity index (χ0v) is 12.1. The van der Waals surface area contributed by atoms with E-state index in [9.17, 15) is 4.79 Å². The van der Waals surface area contributed by atoms with Crippen molar-refractivity contribution in [3.63, 3.8) is 0 Å². The molecule has 0 aromatic heterocycles. The average molecular weight is 268 g/mol. The molecule has 1 amide bonds. The lowest BCUT2D eigenvalue weighted by atomic mass is 9.81. The van der Waals surface area contributed by atoms with Crippen LogP contribution in [0, 0.1) is 11.8 Å². The van der Waals surface area contributed by atoms with Crippen molar-refractivity contribution in [2.75, 3.05) is 13.1 Å². The standard InChI is InChI=1S/C13H24N4O2/c1-13(2,3)19-12(18)15-8-10-5-4-6-11(7-10)9-16-17-14/h10-11H,4-9H2,1-3H3,(H,15,18)/t10-,11+/m0/s1. The van der Waals surface area contributed by atoms with Crippen LogP contribution in [-0.2, 0) is 4.74 Å². The molecule has 1 saturated carbocycles. The first-order valence-electron chi connectivity index (χ1n) is 6.88. The van der Waals surface area contributed by atoms with Crippen molar-refractivity contribution in [2.45, 2.75) is 52.1 Å². The molecule has 108 valence electrons. The Hall–Kier alpha value is -1.42. The van der Waals surface area contributed by atoms with E-state index in [2.05, 4.69) is 15.3 Å². The van der Waals surface area contributed by atoms with Gasteiger partial charge in [0.2, 0.25) is 0 Å². The summed E-state index contributed by atoms with van der Waals surface area (Å²) >= 11 is 0. The number of ether oxygens (including phenoxy) is 1. The monoisotopic (exact) mass is 268 g/mol. The molecule has 0 aromatic carbocycles. The van der Waals surface area contributed by atoms with E-state index in [1.165, 1.54) is 0 Å². The fraction of sp³-hybridized carbons (Fsp3) is 0.923. The van der Waals surface area contributed by atoms with E-state index >= 15 is 0 Å². The van der Waals surface area contributed by atoms with E-state index < -0.39 is 5.60 Å². The van der Waals surface area contributed by atoms with Gasteiger partial charge in [-0.1, -0.05) is 18.0 Å². The Morgan fingerprint density at radius 1 is 1.42 bits per heavy atom. The van der Waals surface area contributed by atoms with Gasteiger partial charge >= 0.3 is 6.09 Å². The fourth-order valence-electron chi connectivity index (χ4n) is 2.45. The van der Waals surface area contributed by atoms with E-state index in [-0.39, 0.29) is 6.09 Å². The molecule has 6 heteroatoms. The van der Waals surface area contributed by atoms with E-state index in [1.807, 2.05) is 20.8 Å². The van der Waals surface area contributed by atoms with Crippen LogP contribution >= 0.6 is 0 Å². The summed E-state index contributed by atoms with van der Waals surface area (Å²) in [5.74, 6) is 0.912. The molecule has 0 spiro atoms. The van der Waals surface area contributed by atoms with Crippen molar-refractivity contribution in [3.05, 3.63) is 10.4 Å². The predicted octanol–water partition coefficient (Wildman–Crippen LogP) is 3.63. The molecule has 0 aromatic rings. The van der Waals surface area contributed by atoms with E-state index in [0.29, 0.717) is 24.9 Å². The van der Waals surface area contributed by atoms with Crippen LogP contribution in [0.5, 0.6) is 0 Å². The van der Waals surface area contributed by atoms with Crippen molar-refractivity contribution in [1.82, 2.24) is 5.32 Å². The summed E-state index contributed by atoms with van der Waals surface area (Å²) in [6.07, 6.45) is 4.01. The van der Waals surface area contributed by atoms with Gasteiger partial charge in [-0.05, 0) is 51.0 Å². The first kappa shape index (κ1) is 15.6. The molecular formula is C13H24N4O2. The maximum absolute atomic E-state index is 11.6. The minimum atomic E-state index is -0.458. The fourth-order valence-corrected chi connectivity index (χ4v) is 2.45. The number of carbonyl (C=O) groups excluding carboxylic acids is 1. The molecule has 0 saturated heterocycles. The zero-order chi connectivity index (χ0) is 14.3. The number of hydrogen-bond acceptors (Lipinski definition) is 3. The number of azide groups is 1. The molecule has 2 atom stereocenters. The lowest BCUT2D eigenvalue weighted by molar-refractivity contribution is 0.0512. The molecule has 0 heterocycles. The maximum Gasteiger partial charge on any atom is 0.407 e. The minimum absolute atomic E-state index is 0.357. The van der Waals surface area contributed by atoms with Crippen LogP contribution in [-0.4, -0.2) is 24.8 Å². The number of nitrogens with one attached hydrogen (secondary N) is 1. The average Bonchev–Trinajstić information content (AvgIpc) is 2.32. The normalized spacial score (nSPS) is 23.3. The third-order valence-electron chi connectivity index (χ3n) is 3.23. The van der Waals surface area contributed by atoms with Gasteiger partial charge in [-0.25, -0.2) is 4.79 Å². The second-order valence-corrected chi connectivity index (χ2v) is 6.19. The highest BCUT2D eigenvalue weighted by atomic mass is 16.6. The number of nitrogens with zero attached hydrogens (tertiary/aromatic N) is 3. The number of hydrogen-bond donors (Lipinski definition) is 1. The smallest absolute Gasteiger partial charge is 0.407 e. The number of amides is 1. The van der Waals surface area contributed by atoms with E-state index in [4.69, 9.17) is 10.3 Å². The van der Waals surface area contributed by atoms with Crippen LogP contribution in [0.2, 0.25) is 0 Å². The van der Waals surface area contributed by atoms with Gasteiger partial charge in [0.25, 0.3) is 0 Å². The lowest BCUT2D eigenvalue weighted by Crippen LogP contribution is -2.36. The van der Waals surface area contributed by atoms with Gasteiger partial charge in [-0.3, -0.25) is 0 Å². The van der Waals surface area contributed by atoms with Crippen molar-refractivity contribution < 1.29 is 9.53 Å². The summed E-state index contributed by atoms with van der Waals surface area (Å²) in [4.78, 5) is 14.4. The number of rotatable bonds is 4. The summed E-state index contributed by atoms with van der Waals surface area (Å²) in [6, 6.07) is 0. The minimum Gasteiger partial charge on any atom is -0.444 e. The summed E-state index contributed by atoms with van der Waals surface area (Å²) < 4.78 is 5.20. The van der Waals surface area contributed by atoms with Crippen LogP contribution < -0.4 is 5.32 Å². The van der Waals surface area contributed by atoms with Gasteiger partial charge in [0.05, 0.1) is 0 Å². The number of carbonyl (C=O) groups is 1. The molecule has 0 radical (unpaired) electrons. The summed E-state index contributed by atoms with van der Waals surface area (Å²) in [6.45, 7) is 6.76. The lowest BCUT2D eigenvalue weighted by Gasteiger charge is -2.28. The van der Waals surface area contributed by atoms with Crippen LogP contribution in [0.15, 0.2) is 5.11 Å². The molecule has 0 aliphatic heterocycles. The predicted molar refractivity (Wildman–Crippen MR) is 73.7 cm³/mol. The van der Waals surface area contributed by atoms with E-state index in [0.717, 1.165) is 25.7 Å². The summed E-state index contributed by atoms with van der Waals surface area (Å²) in [5, 5.41) is 6.46. The largest absolute Gasteiger partial charge is 0.444 e. The topological polar surface area (TPSA) is 87.1 Å². The molecule has 1 N–H and O–H groups in total. The molecule has 1 fully saturated rings. The van der Waals surface area contributed by atoms with Crippen molar-refractivity contribution >= 4 is 6.09 Å². The highest BCUT2D eigenvalue weighted by Gasteiger charge is 2.23. The molecule has 0 unspecified atom stereocenters. The van der Waals surface area contributed by atoms with Crippen LogP contribution in [0.1, 0.15) is 46.5 Å². The molecule has 1 aliphatic carbocycles. The Morgan fingerprint density at radius 2 is 2.11 bits per heavy atom. The van der Waals surface area contributed by atoms with Gasteiger partial charge in [-0.15, -0.1) is 0 Å². The van der Waals surface area contributed by atoms with Gasteiger partial charge in [0.1, 0.15) is 5.60 Å². The van der Waals surface area contributed by atoms with Gasteiger partial charge in [0, 0.05) is 18.0 Å². The second-order valence-electron chi connectivity index (χ2n) is 6.19. The maximum atomic E-state index is 11.6. The van der Waals surface area contributed by atoms with Crippen LogP contribution in [0.3, 0.4) is 0 Å². The molecule has 1 aliphatic rings. The molecule has 6 nitrogen and oxygen atoms in total. The Kier molecular flexibility index (Phi) is 5.96. The second kappa shape index (κ2) is 7.24.